The van der Waals surface area contributed by atoms with Gasteiger partial charge in [0.2, 0.25) is 5.91 Å². The first-order chi connectivity index (χ1) is 20.7. The highest BCUT2D eigenvalue weighted by Gasteiger charge is 2.56. The zero-order valence-electron chi connectivity index (χ0n) is 24.0. The first kappa shape index (κ1) is 28.2. The molecule has 3 aliphatic heterocycles. The lowest BCUT2D eigenvalue weighted by Gasteiger charge is -2.29. The van der Waals surface area contributed by atoms with E-state index in [9.17, 15) is 18.0 Å². The average molecular weight is 600 g/mol. The number of nitrogens with one attached hydrogen (secondary N) is 2. The second kappa shape index (κ2) is 10.8. The van der Waals surface area contributed by atoms with E-state index >= 15 is 0 Å². The molecule has 2 N–H and O–H groups in total. The van der Waals surface area contributed by atoms with Crippen LogP contribution in [0.2, 0.25) is 0 Å². The van der Waals surface area contributed by atoms with Gasteiger partial charge < -0.3 is 24.6 Å². The topological polar surface area (TPSA) is 107 Å². The second-order valence-electron chi connectivity index (χ2n) is 12.1. The third-order valence-electron chi connectivity index (χ3n) is 9.33. The number of hydrogen-bond donors (Lipinski definition) is 2. The lowest BCUT2D eigenvalue weighted by molar-refractivity contribution is -0.169. The van der Waals surface area contributed by atoms with Crippen LogP contribution in [0, 0.1) is 5.41 Å². The van der Waals surface area contributed by atoms with E-state index in [1.807, 2.05) is 24.3 Å². The number of alkyl halides is 3. The fourth-order valence-corrected chi connectivity index (χ4v) is 6.99. The van der Waals surface area contributed by atoms with Gasteiger partial charge in [0.15, 0.2) is 12.4 Å². The molecule has 10 nitrogen and oxygen atoms in total. The summed E-state index contributed by atoms with van der Waals surface area (Å²) in [7, 11) is 0. The Balaban J connectivity index is 1.22. The van der Waals surface area contributed by atoms with Crippen molar-refractivity contribution in [3.63, 3.8) is 0 Å². The number of rotatable bonds is 6. The molecule has 230 valence electrons. The smallest absolute Gasteiger partial charge is 0.408 e. The molecule has 2 aromatic rings. The normalized spacial score (nSPS) is 23.3. The molecule has 0 bridgehead atoms. The van der Waals surface area contributed by atoms with Gasteiger partial charge in [-0.1, -0.05) is 12.8 Å². The Kier molecular flexibility index (Phi) is 7.10. The minimum atomic E-state index is -4.44. The number of anilines is 4. The highest BCUT2D eigenvalue weighted by Crippen LogP contribution is 2.55. The van der Waals surface area contributed by atoms with Gasteiger partial charge in [-0.3, -0.25) is 15.1 Å². The maximum atomic E-state index is 14.3. The van der Waals surface area contributed by atoms with Crippen LogP contribution in [-0.2, 0) is 26.3 Å². The van der Waals surface area contributed by atoms with E-state index in [-0.39, 0.29) is 37.3 Å². The Morgan fingerprint density at radius 1 is 1.02 bits per heavy atom. The van der Waals surface area contributed by atoms with Gasteiger partial charge in [0, 0.05) is 31.4 Å². The minimum absolute atomic E-state index is 0.0248. The fraction of sp³-hybridized carbons (Fsp3) is 0.600. The van der Waals surface area contributed by atoms with Gasteiger partial charge in [-0.05, 0) is 62.8 Å². The Labute approximate surface area is 248 Å². The number of halogens is 3. The van der Waals surface area contributed by atoms with E-state index in [2.05, 4.69) is 10.2 Å². The molecule has 5 aliphatic rings. The molecule has 2 saturated carbocycles. The number of benzene rings is 1. The average Bonchev–Trinajstić information content (AvgIpc) is 3.38. The number of ether oxygens (including phenoxy) is 2. The van der Waals surface area contributed by atoms with Crippen molar-refractivity contribution in [1.82, 2.24) is 14.9 Å². The van der Waals surface area contributed by atoms with Crippen LogP contribution in [0.1, 0.15) is 62.8 Å². The van der Waals surface area contributed by atoms with Crippen molar-refractivity contribution < 1.29 is 27.4 Å². The van der Waals surface area contributed by atoms with Crippen LogP contribution in [0.15, 0.2) is 24.3 Å². The van der Waals surface area contributed by atoms with Crippen molar-refractivity contribution in [2.45, 2.75) is 81.6 Å². The standard InChI is InChI=1S/C30H36F3N7O3/c31-30(32,33)22-4-3-13-39(22)28(34)43-18-23-36-25(35-19-5-6-19)24-26(37-23)40(27(41)29(24)11-1-2-12-29)21-9-7-20(8-10-21)38-14-16-42-17-15-38/h7-10,19,22,34H,1-6,11-18H2,(H,35,36,37)/t22-/m1/s1. The van der Waals surface area contributed by atoms with E-state index in [4.69, 9.17) is 24.9 Å². The lowest BCUT2D eigenvalue weighted by Crippen LogP contribution is -2.45. The number of nitrogens with zero attached hydrogens (tertiary/aromatic N) is 5. The van der Waals surface area contributed by atoms with Gasteiger partial charge in [0.1, 0.15) is 17.7 Å². The van der Waals surface area contributed by atoms with Crippen LogP contribution in [-0.4, -0.2) is 77.9 Å². The molecular weight excluding hydrogens is 563 g/mol. The van der Waals surface area contributed by atoms with Gasteiger partial charge in [0.05, 0.1) is 29.9 Å². The zero-order chi connectivity index (χ0) is 29.8. The number of amides is 1. The number of likely N-dealkylation sites (tertiary alicyclic amines) is 1. The molecule has 0 radical (unpaired) electrons. The molecule has 4 heterocycles. The van der Waals surface area contributed by atoms with Gasteiger partial charge in [-0.15, -0.1) is 0 Å². The Morgan fingerprint density at radius 2 is 1.72 bits per heavy atom. The van der Waals surface area contributed by atoms with Crippen molar-refractivity contribution in [2.24, 2.45) is 0 Å². The van der Waals surface area contributed by atoms with Crippen LogP contribution in [0.3, 0.4) is 0 Å². The van der Waals surface area contributed by atoms with Crippen LogP contribution in [0.5, 0.6) is 0 Å². The first-order valence-corrected chi connectivity index (χ1v) is 15.2. The number of aromatic nitrogens is 2. The van der Waals surface area contributed by atoms with Gasteiger partial charge in [-0.25, -0.2) is 9.97 Å². The molecule has 2 saturated heterocycles. The molecular formula is C30H36F3N7O3. The van der Waals surface area contributed by atoms with Crippen LogP contribution < -0.4 is 15.1 Å². The maximum Gasteiger partial charge on any atom is 0.408 e. The monoisotopic (exact) mass is 599 g/mol. The number of amidine groups is 1. The van der Waals surface area contributed by atoms with Gasteiger partial charge >= 0.3 is 6.18 Å². The number of carbonyl (C=O) groups is 1. The third-order valence-corrected chi connectivity index (χ3v) is 9.33. The van der Waals surface area contributed by atoms with E-state index in [1.165, 1.54) is 0 Å². The highest BCUT2D eigenvalue weighted by atomic mass is 19.4. The van der Waals surface area contributed by atoms with Crippen molar-refractivity contribution in [2.75, 3.05) is 48.0 Å². The summed E-state index contributed by atoms with van der Waals surface area (Å²) in [5.41, 5.74) is 1.83. The summed E-state index contributed by atoms with van der Waals surface area (Å²) >= 11 is 0. The largest absolute Gasteiger partial charge is 0.457 e. The molecule has 1 spiro atoms. The summed E-state index contributed by atoms with van der Waals surface area (Å²) in [6.45, 7) is 2.78. The van der Waals surface area contributed by atoms with Crippen molar-refractivity contribution in [3.8, 4) is 0 Å². The second-order valence-corrected chi connectivity index (χ2v) is 12.1. The molecule has 43 heavy (non-hydrogen) atoms. The molecule has 2 aliphatic carbocycles. The molecule has 1 aromatic heterocycles. The highest BCUT2D eigenvalue weighted by molar-refractivity contribution is 6.13. The van der Waals surface area contributed by atoms with E-state index in [1.54, 1.807) is 4.90 Å². The summed E-state index contributed by atoms with van der Waals surface area (Å²) in [4.78, 5) is 28.8. The maximum absolute atomic E-state index is 14.3. The van der Waals surface area contributed by atoms with E-state index in [0.717, 1.165) is 54.9 Å². The first-order valence-electron chi connectivity index (χ1n) is 15.2. The van der Waals surface area contributed by atoms with Crippen molar-refractivity contribution >= 4 is 34.9 Å². The summed E-state index contributed by atoms with van der Waals surface area (Å²) in [5.74, 6) is 1.27. The molecule has 4 fully saturated rings. The minimum Gasteiger partial charge on any atom is -0.457 e. The summed E-state index contributed by atoms with van der Waals surface area (Å²) in [6.07, 6.45) is 1.09. The third kappa shape index (κ3) is 5.15. The van der Waals surface area contributed by atoms with Gasteiger partial charge in [0.25, 0.3) is 6.02 Å². The van der Waals surface area contributed by atoms with E-state index in [0.29, 0.717) is 49.8 Å². The van der Waals surface area contributed by atoms with E-state index < -0.39 is 23.7 Å². The SMILES string of the molecule is N=C(OCc1nc(NC2CC2)c2c(n1)N(c1ccc(N3CCOCC3)cc1)C(=O)C21CCCC1)N1CCC[C@@H]1C(F)(F)F. The van der Waals surface area contributed by atoms with Crippen LogP contribution in [0.25, 0.3) is 0 Å². The summed E-state index contributed by atoms with van der Waals surface area (Å²) in [5, 5.41) is 11.8. The Bertz CT molecular complexity index is 1390. The quantitative estimate of drug-likeness (QED) is 0.359. The fourth-order valence-electron chi connectivity index (χ4n) is 6.99. The molecule has 7 rings (SSSR count). The summed E-state index contributed by atoms with van der Waals surface area (Å²) < 4.78 is 51.6. The zero-order valence-corrected chi connectivity index (χ0v) is 24.0. The molecule has 13 heteroatoms. The van der Waals surface area contributed by atoms with Gasteiger partial charge in [-0.2, -0.15) is 13.2 Å². The number of fused-ring (bicyclic) bond motifs is 2. The summed E-state index contributed by atoms with van der Waals surface area (Å²) in [6, 6.07) is 5.87. The number of carbonyl (C=O) groups excluding carboxylic acids is 1. The number of hydrogen-bond acceptors (Lipinski definition) is 8. The molecule has 1 amide bonds. The Hall–Kier alpha value is -3.61. The number of morpholine rings is 1. The van der Waals surface area contributed by atoms with Crippen molar-refractivity contribution in [3.05, 3.63) is 35.7 Å². The van der Waals surface area contributed by atoms with Crippen LogP contribution in [0.4, 0.5) is 36.2 Å². The lowest BCUT2D eigenvalue weighted by atomic mass is 9.80. The predicted octanol–water partition coefficient (Wildman–Crippen LogP) is 4.86. The van der Waals surface area contributed by atoms with Crippen molar-refractivity contribution in [1.29, 1.82) is 5.41 Å². The molecule has 0 unspecified atom stereocenters. The van der Waals surface area contributed by atoms with Crippen LogP contribution >= 0.6 is 0 Å². The Morgan fingerprint density at radius 3 is 2.40 bits per heavy atom. The molecule has 1 atom stereocenters. The molecule has 1 aromatic carbocycles. The predicted molar refractivity (Wildman–Crippen MR) is 154 cm³/mol.